The van der Waals surface area contributed by atoms with E-state index < -0.39 is 51.6 Å². The Morgan fingerprint density at radius 3 is 0.779 bits per heavy atom. The van der Waals surface area contributed by atoms with Crippen LogP contribution in [-0.4, -0.2) is 134 Å². The van der Waals surface area contributed by atoms with Crippen LogP contribution in [0.5, 0.6) is 0 Å². The number of ether oxygens (including phenoxy) is 6. The van der Waals surface area contributed by atoms with E-state index in [2.05, 4.69) is 65.2 Å². The Balaban J connectivity index is -0.0000000416. The maximum absolute atomic E-state index is 11.6. The van der Waals surface area contributed by atoms with E-state index in [-0.39, 0.29) is 93.5 Å². The van der Waals surface area contributed by atoms with Crippen molar-refractivity contribution in [3.8, 4) is 0 Å². The molecular formula is C45H98F6O15S2. The van der Waals surface area contributed by atoms with Crippen molar-refractivity contribution >= 4 is 63.0 Å². The van der Waals surface area contributed by atoms with Crippen LogP contribution in [0.3, 0.4) is 0 Å². The molecule has 0 N–H and O–H groups in total. The number of methoxy groups -OCH3 is 1. The lowest BCUT2D eigenvalue weighted by Gasteiger charge is -2.29. The van der Waals surface area contributed by atoms with Crippen LogP contribution in [0, 0.1) is 10.8 Å². The first-order valence-corrected chi connectivity index (χ1v) is 23.0. The lowest BCUT2D eigenvalue weighted by Crippen LogP contribution is -2.44. The lowest BCUT2D eigenvalue weighted by atomic mass is 9.92. The van der Waals surface area contributed by atoms with Crippen molar-refractivity contribution in [2.45, 2.75) is 179 Å². The zero-order valence-electron chi connectivity index (χ0n) is 42.5. The summed E-state index contributed by atoms with van der Waals surface area (Å²) in [5.74, 6) is -1.83. The zero-order valence-corrected chi connectivity index (χ0v) is 44.2. The van der Waals surface area contributed by atoms with Crippen molar-refractivity contribution in [3.05, 3.63) is 0 Å². The normalized spacial score (nSPS) is 9.32. The van der Waals surface area contributed by atoms with Gasteiger partial charge in [-0.25, -0.2) is 8.42 Å². The SMILES string of the molecule is C.C.C.C.CC(=O)OCC(COC(C)=O)OC(C)=O.CC(=O)OCCOC(C)=O.CC(C)(C(F)(F)F)C(F)(F)F.CC(C)(C)C.CC(C)=O.CCC.CCC(C)=O.COC.CS(C)(=O)=O.CSC. The number of esters is 5. The number of thioether (sulfide) groups is 1. The molecule has 0 aliphatic rings. The number of carbonyl (C=O) groups excluding carboxylic acids is 7. The maximum atomic E-state index is 11.6. The van der Waals surface area contributed by atoms with Gasteiger partial charge in [0.25, 0.3) is 0 Å². The number of rotatable bonds is 9. The summed E-state index contributed by atoms with van der Waals surface area (Å²) < 4.78 is 116. The highest BCUT2D eigenvalue weighted by atomic mass is 32.2. The second-order valence-electron chi connectivity index (χ2n) is 14.8. The molecule has 0 unspecified atom stereocenters. The highest BCUT2D eigenvalue weighted by Gasteiger charge is 2.64. The van der Waals surface area contributed by atoms with Crippen molar-refractivity contribution in [2.75, 3.05) is 65.7 Å². The standard InChI is InChI=1S/C9H14O6.C6H10O4.C5H6F6.C5H12.C4H8O.C3H6O.C3H8.C2H6O2S.C2H6O.C2H6S.4CH4/c1-6(10)13-4-9(15-8(3)12)5-14-7(2)11;1-5(7)9-3-4-10-6(2)8;1-3(2,4(6,7)8)5(9,10)11;1-5(2,3)4;1-3-4(2)5;1-3(2)4;1-3-2;1-5(2,3)4;2*1-3-2;;;;/h9H,4-5H2,1-3H3;3-4H2,1-2H3;1-2H3;1-4H3;3H2,1-2H3;1-2H3;3H2,1-2H3;1-2H3;2*1-2H3;4*1H4. The first-order chi connectivity index (χ1) is 28.3. The molecular weight excluding hydrogens is 959 g/mol. The fourth-order valence-corrected chi connectivity index (χ4v) is 1.30. The molecule has 0 aliphatic heterocycles. The highest BCUT2D eigenvalue weighted by molar-refractivity contribution is 7.97. The number of halogens is 6. The number of alkyl halides is 6. The Hall–Kier alpha value is -3.47. The van der Waals surface area contributed by atoms with Gasteiger partial charge >= 0.3 is 42.2 Å². The van der Waals surface area contributed by atoms with Crippen LogP contribution in [0.1, 0.15) is 160 Å². The summed E-state index contributed by atoms with van der Waals surface area (Å²) in [7, 11) is 0.583. The third kappa shape index (κ3) is 168. The van der Waals surface area contributed by atoms with Gasteiger partial charge in [0.1, 0.15) is 47.8 Å². The monoisotopic (exact) mass is 1060 g/mol. The Morgan fingerprint density at radius 2 is 0.691 bits per heavy atom. The van der Waals surface area contributed by atoms with Crippen molar-refractivity contribution in [1.29, 1.82) is 0 Å². The molecule has 0 aliphatic carbocycles. The maximum Gasteiger partial charge on any atom is 0.402 e. The summed E-state index contributed by atoms with van der Waals surface area (Å²) >= 11 is 1.75. The van der Waals surface area contributed by atoms with E-state index in [0.717, 1.165) is 12.5 Å². The predicted octanol–water partition coefficient (Wildman–Crippen LogP) is 11.8. The number of sulfone groups is 1. The number of hydrogen-bond donors (Lipinski definition) is 0. The molecule has 0 saturated heterocycles. The van der Waals surface area contributed by atoms with Gasteiger partial charge in [-0.1, -0.05) is 84.6 Å². The van der Waals surface area contributed by atoms with Gasteiger partial charge in [-0.3, -0.25) is 24.0 Å². The molecule has 0 rings (SSSR count). The van der Waals surface area contributed by atoms with Crippen LogP contribution in [0.4, 0.5) is 26.3 Å². The Kier molecular flexibility index (Phi) is 92.3. The summed E-state index contributed by atoms with van der Waals surface area (Å²) in [4.78, 5) is 71.2. The van der Waals surface area contributed by atoms with Gasteiger partial charge in [-0.15, -0.1) is 0 Å². The molecule has 0 fully saturated rings. The topological polar surface area (TPSA) is 209 Å². The summed E-state index contributed by atoms with van der Waals surface area (Å²) in [6.45, 7) is 26.0. The van der Waals surface area contributed by atoms with Crippen molar-refractivity contribution in [2.24, 2.45) is 10.8 Å². The van der Waals surface area contributed by atoms with Crippen LogP contribution in [-0.2, 0) is 71.8 Å². The molecule has 68 heavy (non-hydrogen) atoms. The van der Waals surface area contributed by atoms with Gasteiger partial charge in [0.15, 0.2) is 11.5 Å². The van der Waals surface area contributed by atoms with Crippen molar-refractivity contribution in [3.63, 3.8) is 0 Å². The van der Waals surface area contributed by atoms with Gasteiger partial charge in [0, 0.05) is 67.8 Å². The molecule has 0 aromatic rings. The molecule has 0 amide bonds. The van der Waals surface area contributed by atoms with Crippen molar-refractivity contribution in [1.82, 2.24) is 0 Å². The number of Topliss-reactive ketones (excluding diaryl/α,β-unsaturated/α-hetero) is 2. The van der Waals surface area contributed by atoms with E-state index in [9.17, 15) is 68.3 Å². The van der Waals surface area contributed by atoms with E-state index in [1.807, 2.05) is 19.4 Å². The Labute approximate surface area is 413 Å². The van der Waals surface area contributed by atoms with Crippen molar-refractivity contribution < 1.29 is 96.7 Å². The molecule has 0 heterocycles. The summed E-state index contributed by atoms with van der Waals surface area (Å²) in [5.41, 5.74) is -3.12. The van der Waals surface area contributed by atoms with E-state index in [4.69, 9.17) is 4.74 Å². The van der Waals surface area contributed by atoms with Crippen LogP contribution in [0.15, 0.2) is 0 Å². The van der Waals surface area contributed by atoms with Gasteiger partial charge in [0.05, 0.1) is 0 Å². The Morgan fingerprint density at radius 1 is 0.529 bits per heavy atom. The van der Waals surface area contributed by atoms with Gasteiger partial charge < -0.3 is 38.0 Å². The average Bonchev–Trinajstić information content (AvgIpc) is 3.03. The molecule has 0 aromatic heterocycles. The summed E-state index contributed by atoms with van der Waals surface area (Å²) in [6, 6.07) is 0. The van der Waals surface area contributed by atoms with E-state index in [0.29, 0.717) is 11.8 Å². The predicted molar refractivity (Wildman–Crippen MR) is 266 cm³/mol. The second-order valence-corrected chi connectivity index (χ2v) is 17.9. The molecule has 422 valence electrons. The van der Waals surface area contributed by atoms with E-state index in [1.54, 1.807) is 32.9 Å². The molecule has 0 spiro atoms. The minimum atomic E-state index is -5.24. The molecule has 0 aromatic carbocycles. The van der Waals surface area contributed by atoms with Gasteiger partial charge in [0.2, 0.25) is 0 Å². The minimum Gasteiger partial charge on any atom is -0.462 e. The smallest absolute Gasteiger partial charge is 0.402 e. The molecule has 15 nitrogen and oxygen atoms in total. The summed E-state index contributed by atoms with van der Waals surface area (Å²) in [6.07, 6.45) is -2.92. The van der Waals surface area contributed by atoms with Crippen LogP contribution < -0.4 is 0 Å². The lowest BCUT2D eigenvalue weighted by molar-refractivity contribution is -0.327. The molecule has 0 radical (unpaired) electrons. The third-order valence-corrected chi connectivity index (χ3v) is 3.89. The molecule has 0 saturated carbocycles. The quantitative estimate of drug-likeness (QED) is 0.0910. The Bertz CT molecular complexity index is 1210. The largest absolute Gasteiger partial charge is 0.462 e. The number of carbonyl (C=O) groups is 7. The van der Waals surface area contributed by atoms with Gasteiger partial charge in [-0.2, -0.15) is 38.1 Å². The number of hydrogen-bond acceptors (Lipinski definition) is 16. The summed E-state index contributed by atoms with van der Waals surface area (Å²) in [5, 5.41) is 0. The molecule has 0 bridgehead atoms. The highest BCUT2D eigenvalue weighted by Crippen LogP contribution is 2.49. The minimum absolute atomic E-state index is 0. The third-order valence-electron chi connectivity index (χ3n) is 3.89. The first kappa shape index (κ1) is 102. The van der Waals surface area contributed by atoms with Crippen LogP contribution in [0.2, 0.25) is 0 Å². The molecule has 23 heteroatoms. The van der Waals surface area contributed by atoms with E-state index >= 15 is 0 Å². The zero-order chi connectivity index (χ0) is 54.3. The van der Waals surface area contributed by atoms with E-state index in [1.165, 1.54) is 54.9 Å². The fraction of sp³-hybridized carbons (Fsp3) is 0.844. The van der Waals surface area contributed by atoms with Gasteiger partial charge in [-0.05, 0) is 52.5 Å². The second kappa shape index (κ2) is 61.5. The number of ketones is 2. The fourth-order valence-electron chi connectivity index (χ4n) is 1.30. The molecule has 0 atom stereocenters. The van der Waals surface area contributed by atoms with Crippen LogP contribution in [0.25, 0.3) is 0 Å². The average molecular weight is 1060 g/mol. The van der Waals surface area contributed by atoms with Crippen LogP contribution >= 0.6 is 11.8 Å². The first-order valence-electron chi connectivity index (χ1n) is 19.0.